The number of nitrogens with zero attached hydrogens (tertiary/aromatic N) is 4. The first-order chi connectivity index (χ1) is 21.6. The van der Waals surface area contributed by atoms with Crippen LogP contribution in [0.25, 0.3) is 10.9 Å². The average Bonchev–Trinajstić information content (AvgIpc) is 3.74. The number of rotatable bonds is 13. The van der Waals surface area contributed by atoms with Crippen LogP contribution in [0.5, 0.6) is 11.5 Å². The normalized spacial score (nSPS) is 12.5. The van der Waals surface area contributed by atoms with Crippen molar-refractivity contribution in [2.75, 3.05) is 11.9 Å². The summed E-state index contributed by atoms with van der Waals surface area (Å²) < 4.78 is 13.5. The van der Waals surface area contributed by atoms with Gasteiger partial charge in [0.15, 0.2) is 5.78 Å². The van der Waals surface area contributed by atoms with Gasteiger partial charge < -0.3 is 14.8 Å². The van der Waals surface area contributed by atoms with Crippen molar-refractivity contribution in [2.45, 2.75) is 26.0 Å². The van der Waals surface area contributed by atoms with Crippen LogP contribution < -0.4 is 14.8 Å². The van der Waals surface area contributed by atoms with Crippen molar-refractivity contribution in [1.82, 2.24) is 20.0 Å². The smallest absolute Gasteiger partial charge is 0.185 e. The summed E-state index contributed by atoms with van der Waals surface area (Å²) in [5.74, 6) is 1.43. The number of anilines is 2. The molecular weight excluding hydrogens is 574 g/mol. The highest BCUT2D eigenvalue weighted by molar-refractivity contribution is 6.31. The van der Waals surface area contributed by atoms with E-state index in [0.717, 1.165) is 57.9 Å². The molecule has 0 saturated carbocycles. The van der Waals surface area contributed by atoms with E-state index in [1.807, 2.05) is 79.0 Å². The molecule has 9 heteroatoms. The van der Waals surface area contributed by atoms with E-state index in [1.54, 1.807) is 29.1 Å². The molecule has 0 aliphatic heterocycles. The fourth-order valence-corrected chi connectivity index (χ4v) is 4.86. The molecule has 1 aliphatic rings. The van der Waals surface area contributed by atoms with E-state index >= 15 is 0 Å². The standard InChI is InChI=1S/C35H30ClN5O3/c36-27-9-16-32-33(18-19-37-34(32)22-27)38-28-10-14-31(15-11-28)44-24-29-23-41(40-39-29)20-3-21-43-30-12-7-26(8-13-30)35(42)17-6-25-4-1-2-5-25/h1,4-19,22-23H,2-3,20-21,24H2,(H,37,38)/b17-6+. The number of hydrogen-bond acceptors (Lipinski definition) is 7. The molecule has 0 fully saturated rings. The first kappa shape index (κ1) is 28.9. The first-order valence-corrected chi connectivity index (χ1v) is 14.7. The lowest BCUT2D eigenvalue weighted by molar-refractivity contribution is 0.104. The van der Waals surface area contributed by atoms with Gasteiger partial charge in [0.1, 0.15) is 23.8 Å². The molecule has 3 aromatic carbocycles. The van der Waals surface area contributed by atoms with Crippen LogP contribution in [0.1, 0.15) is 28.9 Å². The average molecular weight is 604 g/mol. The fourth-order valence-electron chi connectivity index (χ4n) is 4.69. The topological polar surface area (TPSA) is 91.2 Å². The maximum Gasteiger partial charge on any atom is 0.185 e. The molecule has 2 aromatic heterocycles. The number of ether oxygens (including phenoxy) is 2. The van der Waals surface area contributed by atoms with Crippen LogP contribution in [0.3, 0.4) is 0 Å². The van der Waals surface area contributed by atoms with Crippen molar-refractivity contribution >= 4 is 39.7 Å². The summed E-state index contributed by atoms with van der Waals surface area (Å²) in [6.07, 6.45) is 14.9. The van der Waals surface area contributed by atoms with E-state index in [4.69, 9.17) is 21.1 Å². The minimum Gasteiger partial charge on any atom is -0.494 e. The number of nitrogens with one attached hydrogen (secondary N) is 1. The van der Waals surface area contributed by atoms with Crippen molar-refractivity contribution in [1.29, 1.82) is 0 Å². The number of pyridine rings is 1. The SMILES string of the molecule is O=C(/C=C/C1=CCC=C1)c1ccc(OCCCn2cc(COc3ccc(Nc4ccnc5cc(Cl)ccc45)cc3)nn2)cc1. The molecule has 1 aliphatic carbocycles. The van der Waals surface area contributed by atoms with Crippen LogP contribution in [0, 0.1) is 0 Å². The van der Waals surface area contributed by atoms with Gasteiger partial charge in [-0.2, -0.15) is 0 Å². The summed E-state index contributed by atoms with van der Waals surface area (Å²) in [6.45, 7) is 1.49. The van der Waals surface area contributed by atoms with Gasteiger partial charge in [-0.25, -0.2) is 0 Å². The first-order valence-electron chi connectivity index (χ1n) is 14.3. The van der Waals surface area contributed by atoms with E-state index < -0.39 is 0 Å². The van der Waals surface area contributed by atoms with E-state index in [2.05, 4.69) is 32.8 Å². The summed E-state index contributed by atoms with van der Waals surface area (Å²) in [7, 11) is 0. The van der Waals surface area contributed by atoms with Gasteiger partial charge in [0, 0.05) is 46.5 Å². The number of benzene rings is 3. The summed E-state index contributed by atoms with van der Waals surface area (Å²) in [5.41, 5.74) is 5.15. The van der Waals surface area contributed by atoms with Crippen molar-refractivity contribution in [2.24, 2.45) is 0 Å². The number of carbonyl (C=O) groups is 1. The third-order valence-corrected chi connectivity index (χ3v) is 7.21. The van der Waals surface area contributed by atoms with Crippen LogP contribution in [0.4, 0.5) is 11.4 Å². The van der Waals surface area contributed by atoms with Gasteiger partial charge in [0.2, 0.25) is 0 Å². The van der Waals surface area contributed by atoms with Crippen LogP contribution in [0.15, 0.2) is 121 Å². The van der Waals surface area contributed by atoms with Gasteiger partial charge in [-0.1, -0.05) is 41.1 Å². The largest absolute Gasteiger partial charge is 0.494 e. The van der Waals surface area contributed by atoms with Gasteiger partial charge in [-0.15, -0.1) is 5.10 Å². The van der Waals surface area contributed by atoms with Gasteiger partial charge in [0.25, 0.3) is 0 Å². The van der Waals surface area contributed by atoms with Crippen molar-refractivity contribution in [3.8, 4) is 11.5 Å². The minimum atomic E-state index is -0.0287. The molecule has 8 nitrogen and oxygen atoms in total. The number of aromatic nitrogens is 4. The van der Waals surface area contributed by atoms with E-state index in [0.29, 0.717) is 30.3 Å². The van der Waals surface area contributed by atoms with Gasteiger partial charge in [0.05, 0.1) is 18.3 Å². The Morgan fingerprint density at radius 1 is 1.00 bits per heavy atom. The summed E-state index contributed by atoms with van der Waals surface area (Å²) in [5, 5.41) is 13.5. The Morgan fingerprint density at radius 3 is 2.64 bits per heavy atom. The van der Waals surface area contributed by atoms with Crippen LogP contribution in [-0.2, 0) is 13.2 Å². The van der Waals surface area contributed by atoms with Crippen molar-refractivity contribution < 1.29 is 14.3 Å². The second-order valence-corrected chi connectivity index (χ2v) is 10.6. The van der Waals surface area contributed by atoms with Crippen LogP contribution in [-0.4, -0.2) is 32.4 Å². The molecule has 0 saturated heterocycles. The maximum atomic E-state index is 12.4. The second-order valence-electron chi connectivity index (χ2n) is 10.2. The van der Waals surface area contributed by atoms with E-state index in [9.17, 15) is 4.79 Å². The third kappa shape index (κ3) is 7.59. The zero-order chi connectivity index (χ0) is 30.1. The molecule has 220 valence electrons. The van der Waals surface area contributed by atoms with Gasteiger partial charge >= 0.3 is 0 Å². The summed E-state index contributed by atoms with van der Waals surface area (Å²) in [4.78, 5) is 16.8. The molecule has 1 N–H and O–H groups in total. The van der Waals surface area contributed by atoms with Crippen LogP contribution in [0.2, 0.25) is 5.02 Å². The van der Waals surface area contributed by atoms with Crippen molar-refractivity contribution in [3.05, 3.63) is 137 Å². The minimum absolute atomic E-state index is 0.0287. The molecular formula is C35H30ClN5O3. The number of fused-ring (bicyclic) bond motifs is 1. The summed E-state index contributed by atoms with van der Waals surface area (Å²) >= 11 is 6.10. The molecule has 2 heterocycles. The molecule has 6 rings (SSSR count). The Morgan fingerprint density at radius 2 is 1.82 bits per heavy atom. The lowest BCUT2D eigenvalue weighted by atomic mass is 10.1. The lowest BCUT2D eigenvalue weighted by Gasteiger charge is -2.10. The molecule has 5 aromatic rings. The number of allylic oxidation sites excluding steroid dienone is 6. The summed E-state index contributed by atoms with van der Waals surface area (Å²) in [6, 6.07) is 22.6. The predicted molar refractivity (Wildman–Crippen MR) is 173 cm³/mol. The molecule has 0 amide bonds. The quantitative estimate of drug-likeness (QED) is 0.0831. The monoisotopic (exact) mass is 603 g/mol. The zero-order valence-corrected chi connectivity index (χ0v) is 24.7. The zero-order valence-electron chi connectivity index (χ0n) is 23.9. The number of aryl methyl sites for hydroxylation is 1. The molecule has 0 bridgehead atoms. The Kier molecular flexibility index (Phi) is 9.09. The Balaban J connectivity index is 0.921. The van der Waals surface area contributed by atoms with Crippen LogP contribution >= 0.6 is 11.6 Å². The highest BCUT2D eigenvalue weighted by Crippen LogP contribution is 2.28. The van der Waals surface area contributed by atoms with E-state index in [1.165, 1.54) is 0 Å². The predicted octanol–water partition coefficient (Wildman–Crippen LogP) is 7.90. The number of hydrogen-bond donors (Lipinski definition) is 1. The molecule has 44 heavy (non-hydrogen) atoms. The van der Waals surface area contributed by atoms with Crippen molar-refractivity contribution in [3.63, 3.8) is 0 Å². The maximum absolute atomic E-state index is 12.4. The Bertz CT molecular complexity index is 1840. The third-order valence-electron chi connectivity index (χ3n) is 6.98. The molecule has 0 unspecified atom stereocenters. The molecule has 0 radical (unpaired) electrons. The second kappa shape index (κ2) is 13.8. The molecule has 0 spiro atoms. The number of carbonyl (C=O) groups excluding carboxylic acids is 1. The Hall–Kier alpha value is -5.21. The van der Waals surface area contributed by atoms with E-state index in [-0.39, 0.29) is 5.78 Å². The van der Waals surface area contributed by atoms with Gasteiger partial charge in [-0.05, 0) is 90.9 Å². The molecule has 0 atom stereocenters. The Labute approximate surface area is 260 Å². The highest BCUT2D eigenvalue weighted by atomic mass is 35.5. The number of halogens is 1. The van der Waals surface area contributed by atoms with Gasteiger partial charge in [-0.3, -0.25) is 14.5 Å². The fraction of sp³-hybridized carbons (Fsp3) is 0.143. The number of ketones is 1. The highest BCUT2D eigenvalue weighted by Gasteiger charge is 2.07. The lowest BCUT2D eigenvalue weighted by Crippen LogP contribution is -2.05.